The molecular formula is C16H23N5. The third-order valence-electron chi connectivity index (χ3n) is 4.45. The molecule has 1 saturated heterocycles. The Hall–Kier alpha value is -1.88. The van der Waals surface area contributed by atoms with Gasteiger partial charge in [-0.05, 0) is 31.5 Å². The molecule has 1 unspecified atom stereocenters. The van der Waals surface area contributed by atoms with Gasteiger partial charge in [0, 0.05) is 49.2 Å². The summed E-state index contributed by atoms with van der Waals surface area (Å²) in [5.41, 5.74) is 2.66. The van der Waals surface area contributed by atoms with Crippen LogP contribution in [0.25, 0.3) is 0 Å². The molecule has 0 aliphatic carbocycles. The third-order valence-corrected chi connectivity index (χ3v) is 4.45. The van der Waals surface area contributed by atoms with Crippen LogP contribution < -0.4 is 5.32 Å². The Morgan fingerprint density at radius 2 is 2.29 bits per heavy atom. The predicted octanol–water partition coefficient (Wildman–Crippen LogP) is 2.40. The average molecular weight is 285 g/mol. The monoisotopic (exact) mass is 285 g/mol. The summed E-state index contributed by atoms with van der Waals surface area (Å²) in [4.78, 5) is 6.91. The number of nitrogens with one attached hydrogen (secondary N) is 2. The van der Waals surface area contributed by atoms with Crippen molar-refractivity contribution in [3.63, 3.8) is 0 Å². The van der Waals surface area contributed by atoms with Gasteiger partial charge in [0.2, 0.25) is 0 Å². The van der Waals surface area contributed by atoms with Gasteiger partial charge in [0.15, 0.2) is 0 Å². The van der Waals surface area contributed by atoms with Crippen LogP contribution in [-0.4, -0.2) is 40.2 Å². The van der Waals surface area contributed by atoms with Gasteiger partial charge in [-0.1, -0.05) is 13.0 Å². The Labute approximate surface area is 125 Å². The van der Waals surface area contributed by atoms with Crippen LogP contribution in [0.5, 0.6) is 0 Å². The Kier molecular flexibility index (Phi) is 3.92. The number of pyridine rings is 1. The van der Waals surface area contributed by atoms with Crippen LogP contribution in [-0.2, 0) is 12.0 Å². The van der Waals surface area contributed by atoms with Crippen molar-refractivity contribution in [3.8, 4) is 0 Å². The van der Waals surface area contributed by atoms with Crippen molar-refractivity contribution >= 4 is 5.82 Å². The van der Waals surface area contributed by atoms with E-state index in [4.69, 9.17) is 0 Å². The largest absolute Gasteiger partial charge is 0.373 e. The maximum Gasteiger partial charge on any atom is 0.130 e. The number of aromatic amines is 1. The Bertz CT molecular complexity index is 580. The molecule has 1 atom stereocenters. The number of hydrogen-bond acceptors (Lipinski definition) is 4. The second kappa shape index (κ2) is 5.85. The highest BCUT2D eigenvalue weighted by molar-refractivity contribution is 5.42. The smallest absolute Gasteiger partial charge is 0.130 e. The lowest BCUT2D eigenvalue weighted by atomic mass is 9.79. The molecule has 0 aromatic carbocycles. The molecule has 21 heavy (non-hydrogen) atoms. The highest BCUT2D eigenvalue weighted by Gasteiger charge is 2.33. The van der Waals surface area contributed by atoms with E-state index in [9.17, 15) is 0 Å². The first-order valence-electron chi connectivity index (χ1n) is 7.55. The van der Waals surface area contributed by atoms with Gasteiger partial charge in [-0.2, -0.15) is 5.10 Å². The van der Waals surface area contributed by atoms with E-state index in [2.05, 4.69) is 44.5 Å². The van der Waals surface area contributed by atoms with Gasteiger partial charge in [0.25, 0.3) is 0 Å². The Morgan fingerprint density at radius 1 is 1.38 bits per heavy atom. The fourth-order valence-corrected chi connectivity index (χ4v) is 3.32. The van der Waals surface area contributed by atoms with Crippen molar-refractivity contribution in [1.29, 1.82) is 0 Å². The molecule has 0 saturated carbocycles. The zero-order chi connectivity index (χ0) is 14.7. The molecule has 112 valence electrons. The minimum atomic E-state index is 0.163. The normalized spacial score (nSPS) is 23.1. The molecule has 5 nitrogen and oxygen atoms in total. The van der Waals surface area contributed by atoms with Gasteiger partial charge in [-0.3, -0.25) is 10.00 Å². The minimum Gasteiger partial charge on any atom is -0.373 e. The predicted molar refractivity (Wildman–Crippen MR) is 84.2 cm³/mol. The second-order valence-corrected chi connectivity index (χ2v) is 6.11. The quantitative estimate of drug-likeness (QED) is 0.905. The zero-order valence-corrected chi connectivity index (χ0v) is 12.8. The van der Waals surface area contributed by atoms with E-state index in [0.29, 0.717) is 0 Å². The molecule has 1 fully saturated rings. The van der Waals surface area contributed by atoms with Gasteiger partial charge < -0.3 is 5.32 Å². The van der Waals surface area contributed by atoms with E-state index in [1.165, 1.54) is 24.1 Å². The molecule has 1 aliphatic rings. The van der Waals surface area contributed by atoms with Crippen molar-refractivity contribution in [2.24, 2.45) is 0 Å². The molecule has 2 N–H and O–H groups in total. The molecule has 0 radical (unpaired) electrons. The highest BCUT2D eigenvalue weighted by atomic mass is 15.2. The molecule has 2 aromatic heterocycles. The van der Waals surface area contributed by atoms with Crippen molar-refractivity contribution in [3.05, 3.63) is 41.9 Å². The Morgan fingerprint density at radius 3 is 3.05 bits per heavy atom. The summed E-state index contributed by atoms with van der Waals surface area (Å²) < 4.78 is 0. The zero-order valence-electron chi connectivity index (χ0n) is 12.8. The van der Waals surface area contributed by atoms with E-state index in [-0.39, 0.29) is 5.41 Å². The maximum atomic E-state index is 4.39. The van der Waals surface area contributed by atoms with E-state index in [0.717, 1.165) is 25.5 Å². The molecule has 0 bridgehead atoms. The Balaban J connectivity index is 1.75. The molecule has 2 aromatic rings. The average Bonchev–Trinajstić information content (AvgIpc) is 3.03. The van der Waals surface area contributed by atoms with E-state index in [1.807, 2.05) is 25.5 Å². The van der Waals surface area contributed by atoms with Gasteiger partial charge in [0.1, 0.15) is 5.82 Å². The van der Waals surface area contributed by atoms with Crippen LogP contribution in [0.15, 0.2) is 30.6 Å². The molecule has 0 amide bonds. The molecule has 0 spiro atoms. The van der Waals surface area contributed by atoms with Crippen LogP contribution in [0, 0.1) is 0 Å². The molecule has 3 rings (SSSR count). The van der Waals surface area contributed by atoms with Gasteiger partial charge in [-0.15, -0.1) is 0 Å². The first-order valence-corrected chi connectivity index (χ1v) is 7.55. The summed E-state index contributed by atoms with van der Waals surface area (Å²) in [6.07, 6.45) is 6.10. The summed E-state index contributed by atoms with van der Waals surface area (Å²) in [6.45, 7) is 5.46. The fraction of sp³-hybridized carbons (Fsp3) is 0.500. The number of hydrogen-bond donors (Lipinski definition) is 2. The van der Waals surface area contributed by atoms with Crippen LogP contribution in [0.4, 0.5) is 5.82 Å². The molecule has 5 heteroatoms. The second-order valence-electron chi connectivity index (χ2n) is 6.11. The summed E-state index contributed by atoms with van der Waals surface area (Å²) in [7, 11) is 1.93. The van der Waals surface area contributed by atoms with Crippen molar-refractivity contribution < 1.29 is 0 Å². The van der Waals surface area contributed by atoms with Crippen LogP contribution in [0.3, 0.4) is 0 Å². The SMILES string of the molecule is CNc1ncccc1CN1CCCC(C)(c2ccn[nH]2)C1. The summed E-state index contributed by atoms with van der Waals surface area (Å²) in [5.74, 6) is 0.978. The van der Waals surface area contributed by atoms with Gasteiger partial charge >= 0.3 is 0 Å². The van der Waals surface area contributed by atoms with Crippen LogP contribution in [0.2, 0.25) is 0 Å². The number of H-pyrrole nitrogens is 1. The first kappa shape index (κ1) is 14.1. The number of nitrogens with zero attached hydrogens (tertiary/aromatic N) is 3. The third kappa shape index (κ3) is 2.93. The van der Waals surface area contributed by atoms with E-state index in [1.54, 1.807) is 0 Å². The van der Waals surface area contributed by atoms with Crippen LogP contribution >= 0.6 is 0 Å². The summed E-state index contributed by atoms with van der Waals surface area (Å²) in [5, 5.41) is 10.4. The lowest BCUT2D eigenvalue weighted by Gasteiger charge is -2.40. The topological polar surface area (TPSA) is 56.8 Å². The molecule has 3 heterocycles. The number of likely N-dealkylation sites (tertiary alicyclic amines) is 1. The lowest BCUT2D eigenvalue weighted by Crippen LogP contribution is -2.44. The van der Waals surface area contributed by atoms with Crippen molar-refractivity contribution in [1.82, 2.24) is 20.1 Å². The van der Waals surface area contributed by atoms with E-state index < -0.39 is 0 Å². The highest BCUT2D eigenvalue weighted by Crippen LogP contribution is 2.33. The van der Waals surface area contributed by atoms with Gasteiger partial charge in [-0.25, -0.2) is 4.98 Å². The number of rotatable bonds is 4. The molecule has 1 aliphatic heterocycles. The number of piperidine rings is 1. The minimum absolute atomic E-state index is 0.163. The fourth-order valence-electron chi connectivity index (χ4n) is 3.32. The first-order chi connectivity index (χ1) is 10.2. The standard InChI is InChI=1S/C16H23N5/c1-16(14-6-9-19-20-14)7-4-10-21(12-16)11-13-5-3-8-18-15(13)17-2/h3,5-6,8-9H,4,7,10-12H2,1-2H3,(H,17,18)(H,19,20). The van der Waals surface area contributed by atoms with Gasteiger partial charge in [0.05, 0.1) is 0 Å². The summed E-state index contributed by atoms with van der Waals surface area (Å²) >= 11 is 0. The number of aromatic nitrogens is 3. The van der Waals surface area contributed by atoms with Crippen LogP contribution in [0.1, 0.15) is 31.0 Å². The maximum absolute atomic E-state index is 4.39. The lowest BCUT2D eigenvalue weighted by molar-refractivity contribution is 0.147. The molecular weight excluding hydrogens is 262 g/mol. The van der Waals surface area contributed by atoms with Crippen molar-refractivity contribution in [2.75, 3.05) is 25.5 Å². The van der Waals surface area contributed by atoms with Crippen molar-refractivity contribution in [2.45, 2.75) is 31.7 Å². The van der Waals surface area contributed by atoms with E-state index >= 15 is 0 Å². The summed E-state index contributed by atoms with van der Waals surface area (Å²) in [6, 6.07) is 6.27. The number of anilines is 1.